The number of methoxy groups -OCH3 is 1. The smallest absolute Gasteiger partial charge is 0.328 e. The summed E-state index contributed by atoms with van der Waals surface area (Å²) in [6.07, 6.45) is 1.80. The number of hydrogen-bond donors (Lipinski definition) is 2. The zero-order chi connectivity index (χ0) is 14.1. The summed E-state index contributed by atoms with van der Waals surface area (Å²) >= 11 is 0. The molecule has 1 unspecified atom stereocenters. The molecule has 0 aliphatic rings. The molecule has 1 aromatic carbocycles. The first-order chi connectivity index (χ1) is 9.13. The molecule has 2 N–H and O–H groups in total. The second-order valence-corrected chi connectivity index (χ2v) is 4.25. The number of carbonyl (C=O) groups is 2. The number of ether oxygens (including phenoxy) is 1. The van der Waals surface area contributed by atoms with Crippen molar-refractivity contribution < 1.29 is 19.4 Å². The van der Waals surface area contributed by atoms with Crippen molar-refractivity contribution in [3.05, 3.63) is 35.9 Å². The Hall–Kier alpha value is -1.88. The Morgan fingerprint density at radius 3 is 2.58 bits per heavy atom. The Morgan fingerprint density at radius 2 is 2.00 bits per heavy atom. The molecule has 1 aromatic rings. The van der Waals surface area contributed by atoms with Gasteiger partial charge in [-0.2, -0.15) is 0 Å². The summed E-state index contributed by atoms with van der Waals surface area (Å²) in [5.74, 6) is -1.35. The number of carboxylic acid groups (broad SMARTS) is 1. The van der Waals surface area contributed by atoms with Crippen molar-refractivity contribution in [2.45, 2.75) is 25.3 Å². The lowest BCUT2D eigenvalue weighted by atomic mass is 10.1. The number of aliphatic carboxylic acids is 1. The number of rotatable bonds is 8. The molecule has 5 heteroatoms. The molecule has 0 radical (unpaired) electrons. The van der Waals surface area contributed by atoms with E-state index in [4.69, 9.17) is 9.84 Å². The van der Waals surface area contributed by atoms with Gasteiger partial charge in [0, 0.05) is 13.5 Å². The molecule has 0 aliphatic carbocycles. The van der Waals surface area contributed by atoms with Crippen molar-refractivity contribution in [3.8, 4) is 0 Å². The molecule has 19 heavy (non-hydrogen) atoms. The van der Waals surface area contributed by atoms with E-state index in [1.165, 1.54) is 12.7 Å². The first-order valence-corrected chi connectivity index (χ1v) is 6.18. The van der Waals surface area contributed by atoms with Crippen LogP contribution in [0.25, 0.3) is 0 Å². The highest BCUT2D eigenvalue weighted by molar-refractivity contribution is 5.83. The van der Waals surface area contributed by atoms with Crippen LogP contribution in [0.4, 0.5) is 0 Å². The third-order valence-corrected chi connectivity index (χ3v) is 2.68. The molecule has 0 saturated heterocycles. The summed E-state index contributed by atoms with van der Waals surface area (Å²) in [7, 11) is 1.40. The van der Waals surface area contributed by atoms with Crippen molar-refractivity contribution >= 4 is 11.9 Å². The maximum Gasteiger partial charge on any atom is 0.328 e. The van der Waals surface area contributed by atoms with Crippen LogP contribution < -0.4 is 5.32 Å². The van der Waals surface area contributed by atoms with Crippen LogP contribution in [-0.2, 0) is 20.7 Å². The Labute approximate surface area is 112 Å². The lowest BCUT2D eigenvalue weighted by molar-refractivity contribution is -0.143. The van der Waals surface area contributed by atoms with Gasteiger partial charge in [0.15, 0.2) is 6.04 Å². The van der Waals surface area contributed by atoms with Gasteiger partial charge in [0.2, 0.25) is 5.91 Å². The maximum atomic E-state index is 11.6. The molecule has 0 heterocycles. The van der Waals surface area contributed by atoms with E-state index in [0.717, 1.165) is 6.42 Å². The Morgan fingerprint density at radius 1 is 1.32 bits per heavy atom. The topological polar surface area (TPSA) is 75.6 Å². The van der Waals surface area contributed by atoms with E-state index in [-0.39, 0.29) is 12.5 Å². The molecule has 1 rings (SSSR count). The fraction of sp³-hybridized carbons (Fsp3) is 0.429. The normalized spacial score (nSPS) is 11.8. The molecule has 0 fully saturated rings. The van der Waals surface area contributed by atoms with Gasteiger partial charge in [-0.15, -0.1) is 0 Å². The zero-order valence-electron chi connectivity index (χ0n) is 11.0. The molecule has 0 bridgehead atoms. The summed E-state index contributed by atoms with van der Waals surface area (Å²) in [5, 5.41) is 11.3. The highest BCUT2D eigenvalue weighted by Gasteiger charge is 2.19. The van der Waals surface area contributed by atoms with Gasteiger partial charge in [-0.05, 0) is 18.4 Å². The minimum Gasteiger partial charge on any atom is -0.480 e. The van der Waals surface area contributed by atoms with Gasteiger partial charge in [0.1, 0.15) is 0 Å². The number of carboxylic acids is 1. The van der Waals surface area contributed by atoms with Crippen molar-refractivity contribution in [1.29, 1.82) is 0 Å². The lowest BCUT2D eigenvalue weighted by Crippen LogP contribution is -2.43. The highest BCUT2D eigenvalue weighted by atomic mass is 16.5. The summed E-state index contributed by atoms with van der Waals surface area (Å²) in [6, 6.07) is 8.88. The fourth-order valence-electron chi connectivity index (χ4n) is 1.71. The first-order valence-electron chi connectivity index (χ1n) is 6.18. The molecule has 104 valence electrons. The van der Waals surface area contributed by atoms with Gasteiger partial charge in [0.25, 0.3) is 0 Å². The average Bonchev–Trinajstić information content (AvgIpc) is 2.39. The molecule has 5 nitrogen and oxygen atoms in total. The summed E-state index contributed by atoms with van der Waals surface area (Å²) in [4.78, 5) is 22.4. The van der Waals surface area contributed by atoms with Gasteiger partial charge >= 0.3 is 5.97 Å². The summed E-state index contributed by atoms with van der Waals surface area (Å²) in [6.45, 7) is -0.0280. The predicted molar refractivity (Wildman–Crippen MR) is 70.8 cm³/mol. The van der Waals surface area contributed by atoms with Crippen molar-refractivity contribution in [1.82, 2.24) is 5.32 Å². The number of aryl methyl sites for hydroxylation is 1. The highest BCUT2D eigenvalue weighted by Crippen LogP contribution is 2.04. The van der Waals surface area contributed by atoms with E-state index in [2.05, 4.69) is 5.32 Å². The number of nitrogens with one attached hydrogen (secondary N) is 1. The largest absolute Gasteiger partial charge is 0.480 e. The molecule has 1 atom stereocenters. The molecule has 0 aliphatic heterocycles. The monoisotopic (exact) mass is 265 g/mol. The van der Waals surface area contributed by atoms with Crippen LogP contribution in [0, 0.1) is 0 Å². The van der Waals surface area contributed by atoms with Gasteiger partial charge in [-0.25, -0.2) is 4.79 Å². The fourth-order valence-corrected chi connectivity index (χ4v) is 1.71. The predicted octanol–water partition coefficient (Wildman–Crippen LogP) is 1.23. The second kappa shape index (κ2) is 8.26. The van der Waals surface area contributed by atoms with E-state index in [1.807, 2.05) is 30.3 Å². The number of amides is 1. The third kappa shape index (κ3) is 6.01. The molecule has 0 spiro atoms. The molecular formula is C14H19NO4. The SMILES string of the molecule is COCC(NC(=O)CCCc1ccccc1)C(=O)O. The lowest BCUT2D eigenvalue weighted by Gasteiger charge is -2.13. The number of hydrogen-bond acceptors (Lipinski definition) is 3. The number of benzene rings is 1. The van der Waals surface area contributed by atoms with E-state index in [0.29, 0.717) is 12.8 Å². The Balaban J connectivity index is 2.29. The minimum absolute atomic E-state index is 0.0280. The standard InChI is InChI=1S/C14H19NO4/c1-19-10-12(14(17)18)15-13(16)9-5-8-11-6-3-2-4-7-11/h2-4,6-7,12H,5,8-10H2,1H3,(H,15,16)(H,17,18). The molecule has 0 saturated carbocycles. The van der Waals surface area contributed by atoms with Crippen LogP contribution in [0.5, 0.6) is 0 Å². The van der Waals surface area contributed by atoms with Crippen molar-refractivity contribution in [2.24, 2.45) is 0 Å². The number of carbonyl (C=O) groups excluding carboxylic acids is 1. The van der Waals surface area contributed by atoms with Gasteiger partial charge in [-0.3, -0.25) is 4.79 Å². The van der Waals surface area contributed by atoms with Crippen LogP contribution in [0.15, 0.2) is 30.3 Å². The Kier molecular flexibility index (Phi) is 6.60. The maximum absolute atomic E-state index is 11.6. The molecular weight excluding hydrogens is 246 g/mol. The second-order valence-electron chi connectivity index (χ2n) is 4.25. The first kappa shape index (κ1) is 15.2. The van der Waals surface area contributed by atoms with Crippen LogP contribution >= 0.6 is 0 Å². The van der Waals surface area contributed by atoms with E-state index in [9.17, 15) is 9.59 Å². The van der Waals surface area contributed by atoms with Crippen LogP contribution in [0.3, 0.4) is 0 Å². The zero-order valence-corrected chi connectivity index (χ0v) is 11.0. The molecule has 1 amide bonds. The van der Waals surface area contributed by atoms with E-state index < -0.39 is 12.0 Å². The van der Waals surface area contributed by atoms with Gasteiger partial charge in [0.05, 0.1) is 6.61 Å². The van der Waals surface area contributed by atoms with E-state index in [1.54, 1.807) is 0 Å². The summed E-state index contributed by atoms with van der Waals surface area (Å²) in [5.41, 5.74) is 1.17. The molecule has 0 aromatic heterocycles. The van der Waals surface area contributed by atoms with Crippen molar-refractivity contribution in [3.63, 3.8) is 0 Å². The minimum atomic E-state index is -1.08. The Bertz CT molecular complexity index is 405. The van der Waals surface area contributed by atoms with Gasteiger partial charge < -0.3 is 15.2 Å². The van der Waals surface area contributed by atoms with Crippen molar-refractivity contribution in [2.75, 3.05) is 13.7 Å². The van der Waals surface area contributed by atoms with E-state index >= 15 is 0 Å². The summed E-state index contributed by atoms with van der Waals surface area (Å²) < 4.78 is 4.74. The van der Waals surface area contributed by atoms with Crippen LogP contribution in [0.1, 0.15) is 18.4 Å². The quantitative estimate of drug-likeness (QED) is 0.741. The van der Waals surface area contributed by atoms with Crippen LogP contribution in [0.2, 0.25) is 0 Å². The van der Waals surface area contributed by atoms with Crippen LogP contribution in [-0.4, -0.2) is 36.7 Å². The average molecular weight is 265 g/mol. The third-order valence-electron chi connectivity index (χ3n) is 2.68. The van der Waals surface area contributed by atoms with Gasteiger partial charge in [-0.1, -0.05) is 30.3 Å².